The number of benzene rings is 2. The number of hydrogen-bond acceptors (Lipinski definition) is 6. The fraction of sp³-hybridized carbons (Fsp3) is 0.250. The molecule has 1 atom stereocenters. The van der Waals surface area contributed by atoms with Crippen LogP contribution in [-0.2, 0) is 16.1 Å². The van der Waals surface area contributed by atoms with Crippen molar-refractivity contribution in [3.05, 3.63) is 86.5 Å². The predicted molar refractivity (Wildman–Crippen MR) is 128 cm³/mol. The van der Waals surface area contributed by atoms with Crippen LogP contribution in [0.4, 0.5) is 0 Å². The zero-order valence-electron chi connectivity index (χ0n) is 17.6. The molecule has 0 radical (unpaired) electrons. The van der Waals surface area contributed by atoms with Crippen LogP contribution in [0.1, 0.15) is 36.6 Å². The van der Waals surface area contributed by atoms with Gasteiger partial charge in [-0.3, -0.25) is 0 Å². The first-order valence-corrected chi connectivity index (χ1v) is 11.7. The van der Waals surface area contributed by atoms with Crippen LogP contribution in [-0.4, -0.2) is 22.6 Å². The van der Waals surface area contributed by atoms with Crippen LogP contribution in [0.15, 0.2) is 74.8 Å². The molecular formula is C24H23BrN2O3S. The first kappa shape index (κ1) is 21.7. The van der Waals surface area contributed by atoms with Crippen LogP contribution in [0.25, 0.3) is 0 Å². The standard InChI is InChI=1S/C24H23BrN2O3S/c1-4-29-23(28)21-16(3)26-24-27(11-12-31-24)22(21)19-13-18(25)9-10-20(19)30-14-17-7-5-15(2)6-8-17/h5-13,22H,4,14H2,1-3H3. The third-order valence-corrected chi connectivity index (χ3v) is 6.36. The highest BCUT2D eigenvalue weighted by Crippen LogP contribution is 2.44. The van der Waals surface area contributed by atoms with Crippen molar-refractivity contribution in [2.75, 3.05) is 6.61 Å². The molecule has 1 unspecified atom stereocenters. The summed E-state index contributed by atoms with van der Waals surface area (Å²) in [6, 6.07) is 13.8. The molecule has 7 heteroatoms. The fourth-order valence-electron chi connectivity index (χ4n) is 3.59. The summed E-state index contributed by atoms with van der Waals surface area (Å²) in [6.45, 7) is 6.46. The first-order valence-electron chi connectivity index (χ1n) is 10.0. The largest absolute Gasteiger partial charge is 0.489 e. The molecule has 5 nitrogen and oxygen atoms in total. The SMILES string of the molecule is CCOC(=O)C1=C(C)N=C2SC=CN2C1c1cc(Br)ccc1OCc1ccc(C)cc1. The predicted octanol–water partition coefficient (Wildman–Crippen LogP) is 6.10. The molecule has 2 aromatic carbocycles. The summed E-state index contributed by atoms with van der Waals surface area (Å²) in [5, 5.41) is 2.80. The number of fused-ring (bicyclic) bond motifs is 1. The maximum Gasteiger partial charge on any atom is 0.338 e. The average molecular weight is 499 g/mol. The molecular weight excluding hydrogens is 476 g/mol. The topological polar surface area (TPSA) is 51.1 Å². The zero-order valence-corrected chi connectivity index (χ0v) is 20.0. The second kappa shape index (κ2) is 9.32. The second-order valence-electron chi connectivity index (χ2n) is 7.28. The van der Waals surface area contributed by atoms with Crippen molar-refractivity contribution in [2.24, 2.45) is 4.99 Å². The molecule has 2 aliphatic rings. The highest BCUT2D eigenvalue weighted by molar-refractivity contribution is 9.10. The van der Waals surface area contributed by atoms with E-state index < -0.39 is 0 Å². The van der Waals surface area contributed by atoms with Crippen molar-refractivity contribution in [1.82, 2.24) is 4.90 Å². The molecule has 0 fully saturated rings. The van der Waals surface area contributed by atoms with E-state index in [0.717, 1.165) is 26.5 Å². The number of allylic oxidation sites excluding steroid dienone is 1. The van der Waals surface area contributed by atoms with Gasteiger partial charge in [-0.2, -0.15) is 0 Å². The number of aryl methyl sites for hydroxylation is 1. The highest BCUT2D eigenvalue weighted by Gasteiger charge is 2.39. The summed E-state index contributed by atoms with van der Waals surface area (Å²) in [4.78, 5) is 19.6. The van der Waals surface area contributed by atoms with E-state index in [4.69, 9.17) is 9.47 Å². The molecule has 0 spiro atoms. The lowest BCUT2D eigenvalue weighted by Crippen LogP contribution is -2.34. The molecule has 0 N–H and O–H groups in total. The Labute approximate surface area is 195 Å². The van der Waals surface area contributed by atoms with Crippen molar-refractivity contribution >= 4 is 38.8 Å². The van der Waals surface area contributed by atoms with Gasteiger partial charge in [-0.15, -0.1) is 0 Å². The lowest BCUT2D eigenvalue weighted by atomic mass is 9.94. The van der Waals surface area contributed by atoms with E-state index in [9.17, 15) is 4.79 Å². The Morgan fingerprint density at radius 3 is 2.71 bits per heavy atom. The molecule has 2 aromatic rings. The quantitative estimate of drug-likeness (QED) is 0.450. The smallest absolute Gasteiger partial charge is 0.338 e. The number of ether oxygens (including phenoxy) is 2. The molecule has 0 amide bonds. The Morgan fingerprint density at radius 2 is 1.97 bits per heavy atom. The fourth-order valence-corrected chi connectivity index (χ4v) is 4.76. The lowest BCUT2D eigenvalue weighted by molar-refractivity contribution is -0.139. The lowest BCUT2D eigenvalue weighted by Gasteiger charge is -2.34. The van der Waals surface area contributed by atoms with Crippen LogP contribution in [0.2, 0.25) is 0 Å². The number of nitrogens with zero attached hydrogens (tertiary/aromatic N) is 2. The molecule has 0 saturated heterocycles. The molecule has 4 rings (SSSR count). The number of rotatable bonds is 6. The molecule has 0 aromatic heterocycles. The first-order chi connectivity index (χ1) is 15.0. The number of carbonyl (C=O) groups excluding carboxylic acids is 1. The molecule has 2 aliphatic heterocycles. The van der Waals surface area contributed by atoms with Gasteiger partial charge in [0.05, 0.1) is 23.9 Å². The maximum absolute atomic E-state index is 12.9. The third kappa shape index (κ3) is 4.57. The van der Waals surface area contributed by atoms with Gasteiger partial charge in [-0.25, -0.2) is 9.79 Å². The van der Waals surface area contributed by atoms with Crippen LogP contribution in [0.3, 0.4) is 0 Å². The van der Waals surface area contributed by atoms with Crippen LogP contribution in [0.5, 0.6) is 5.75 Å². The van der Waals surface area contributed by atoms with E-state index in [1.807, 2.05) is 41.6 Å². The summed E-state index contributed by atoms with van der Waals surface area (Å²) in [5.41, 5.74) is 4.36. The van der Waals surface area contributed by atoms with Crippen LogP contribution >= 0.6 is 27.7 Å². The van der Waals surface area contributed by atoms with Crippen molar-refractivity contribution in [3.63, 3.8) is 0 Å². The minimum atomic E-state index is -0.386. The van der Waals surface area contributed by atoms with E-state index in [-0.39, 0.29) is 12.0 Å². The number of carbonyl (C=O) groups is 1. The van der Waals surface area contributed by atoms with E-state index >= 15 is 0 Å². The van der Waals surface area contributed by atoms with Gasteiger partial charge in [0.2, 0.25) is 0 Å². The molecule has 0 bridgehead atoms. The normalized spacial score (nSPS) is 17.5. The molecule has 0 aliphatic carbocycles. The minimum Gasteiger partial charge on any atom is -0.489 e. The number of aliphatic imine (C=N–C) groups is 1. The number of halogens is 1. The monoisotopic (exact) mass is 498 g/mol. The van der Waals surface area contributed by atoms with Gasteiger partial charge in [0.15, 0.2) is 5.17 Å². The van der Waals surface area contributed by atoms with Gasteiger partial charge in [0.25, 0.3) is 0 Å². The summed E-state index contributed by atoms with van der Waals surface area (Å²) < 4.78 is 12.5. The van der Waals surface area contributed by atoms with Gasteiger partial charge in [0, 0.05) is 16.2 Å². The Hall–Kier alpha value is -2.51. The van der Waals surface area contributed by atoms with E-state index in [1.165, 1.54) is 17.3 Å². The second-order valence-corrected chi connectivity index (χ2v) is 9.07. The van der Waals surface area contributed by atoms with Crippen molar-refractivity contribution in [3.8, 4) is 5.75 Å². The van der Waals surface area contributed by atoms with E-state index in [1.54, 1.807) is 6.92 Å². The van der Waals surface area contributed by atoms with Gasteiger partial charge in [-0.1, -0.05) is 57.5 Å². The minimum absolute atomic E-state index is 0.304. The summed E-state index contributed by atoms with van der Waals surface area (Å²) in [6.07, 6.45) is 1.95. The summed E-state index contributed by atoms with van der Waals surface area (Å²) in [7, 11) is 0. The van der Waals surface area contributed by atoms with Crippen molar-refractivity contribution in [2.45, 2.75) is 33.4 Å². The van der Waals surface area contributed by atoms with Gasteiger partial charge in [0.1, 0.15) is 12.4 Å². The molecule has 0 saturated carbocycles. The Kier molecular flexibility index (Phi) is 6.53. The Balaban J connectivity index is 1.74. The van der Waals surface area contributed by atoms with Gasteiger partial charge in [-0.05, 0) is 49.9 Å². The number of hydrogen-bond donors (Lipinski definition) is 0. The zero-order chi connectivity index (χ0) is 22.0. The average Bonchev–Trinajstić information content (AvgIpc) is 3.21. The van der Waals surface area contributed by atoms with Crippen LogP contribution in [0, 0.1) is 6.92 Å². The Bertz CT molecular complexity index is 1090. The highest BCUT2D eigenvalue weighted by atomic mass is 79.9. The van der Waals surface area contributed by atoms with Gasteiger partial charge < -0.3 is 14.4 Å². The molecule has 160 valence electrons. The van der Waals surface area contributed by atoms with Crippen molar-refractivity contribution in [1.29, 1.82) is 0 Å². The van der Waals surface area contributed by atoms with Gasteiger partial charge >= 0.3 is 5.97 Å². The third-order valence-electron chi connectivity index (χ3n) is 5.10. The summed E-state index contributed by atoms with van der Waals surface area (Å²) >= 11 is 5.12. The number of thioether (sulfide) groups is 1. The maximum atomic E-state index is 12.9. The van der Waals surface area contributed by atoms with Crippen LogP contribution < -0.4 is 4.74 Å². The summed E-state index contributed by atoms with van der Waals surface area (Å²) in [5.74, 6) is 0.359. The molecule has 2 heterocycles. The Morgan fingerprint density at radius 1 is 1.19 bits per heavy atom. The number of esters is 1. The van der Waals surface area contributed by atoms with Crippen molar-refractivity contribution < 1.29 is 14.3 Å². The number of amidine groups is 1. The molecule has 31 heavy (non-hydrogen) atoms. The van der Waals surface area contributed by atoms with E-state index in [2.05, 4.69) is 52.1 Å². The van der Waals surface area contributed by atoms with E-state index in [0.29, 0.717) is 24.5 Å².